The van der Waals surface area contributed by atoms with Gasteiger partial charge in [0.25, 0.3) is 0 Å². The minimum Gasteiger partial charge on any atom is -0.394 e. The van der Waals surface area contributed by atoms with Crippen LogP contribution in [0.3, 0.4) is 0 Å². The Morgan fingerprint density at radius 3 is 2.22 bits per heavy atom. The molecule has 1 unspecified atom stereocenters. The van der Waals surface area contributed by atoms with E-state index in [2.05, 4.69) is 38.2 Å². The molecule has 1 aliphatic rings. The van der Waals surface area contributed by atoms with Crippen LogP contribution < -0.4 is 5.32 Å². The summed E-state index contributed by atoms with van der Waals surface area (Å²) < 4.78 is 0. The zero-order valence-electron chi connectivity index (χ0n) is 11.8. The van der Waals surface area contributed by atoms with Crippen molar-refractivity contribution in [3.05, 3.63) is 34.4 Å². The second kappa shape index (κ2) is 5.85. The Hall–Kier alpha value is -0.860. The second-order valence-corrected chi connectivity index (χ2v) is 5.70. The molecule has 0 bridgehead atoms. The zero-order valence-corrected chi connectivity index (χ0v) is 11.8. The Morgan fingerprint density at radius 2 is 1.72 bits per heavy atom. The lowest BCUT2D eigenvalue weighted by atomic mass is 9.94. The molecule has 2 nitrogen and oxygen atoms in total. The minimum absolute atomic E-state index is 0.0914. The predicted molar refractivity (Wildman–Crippen MR) is 75.9 cm³/mol. The molecule has 2 N–H and O–H groups in total. The quantitative estimate of drug-likeness (QED) is 0.856. The fourth-order valence-electron chi connectivity index (χ4n) is 3.35. The van der Waals surface area contributed by atoms with Crippen molar-refractivity contribution in [2.24, 2.45) is 0 Å². The molecule has 0 heterocycles. The largest absolute Gasteiger partial charge is 0.394 e. The van der Waals surface area contributed by atoms with Crippen LogP contribution in [0.2, 0.25) is 0 Å². The van der Waals surface area contributed by atoms with Crippen LogP contribution in [0.25, 0.3) is 0 Å². The number of benzene rings is 1. The molecular formula is C16H25NO. The van der Waals surface area contributed by atoms with E-state index in [-0.39, 0.29) is 12.6 Å². The summed E-state index contributed by atoms with van der Waals surface area (Å²) in [6, 6.07) is 5.10. The lowest BCUT2D eigenvalue weighted by Gasteiger charge is -2.25. The topological polar surface area (TPSA) is 32.3 Å². The van der Waals surface area contributed by atoms with Crippen molar-refractivity contribution in [1.29, 1.82) is 0 Å². The SMILES string of the molecule is Cc1cc(C)c(C(CO)NC2CCCC2)c(C)c1. The van der Waals surface area contributed by atoms with Gasteiger partial charge in [0.05, 0.1) is 12.6 Å². The summed E-state index contributed by atoms with van der Waals surface area (Å²) in [5, 5.41) is 13.3. The Bertz CT molecular complexity index is 385. The molecule has 1 saturated carbocycles. The third-order valence-electron chi connectivity index (χ3n) is 4.06. The van der Waals surface area contributed by atoms with Crippen LogP contribution >= 0.6 is 0 Å². The highest BCUT2D eigenvalue weighted by Gasteiger charge is 2.22. The molecule has 1 atom stereocenters. The number of aryl methyl sites for hydroxylation is 3. The van der Waals surface area contributed by atoms with Crippen molar-refractivity contribution in [3.63, 3.8) is 0 Å². The van der Waals surface area contributed by atoms with Gasteiger partial charge in [-0.1, -0.05) is 30.5 Å². The number of aliphatic hydroxyl groups excluding tert-OH is 1. The Labute approximate surface area is 110 Å². The lowest BCUT2D eigenvalue weighted by Crippen LogP contribution is -2.33. The first-order chi connectivity index (χ1) is 8.61. The van der Waals surface area contributed by atoms with E-state index in [1.807, 2.05) is 0 Å². The van der Waals surface area contributed by atoms with Crippen molar-refractivity contribution in [2.45, 2.75) is 58.5 Å². The Kier molecular flexibility index (Phi) is 4.41. The van der Waals surface area contributed by atoms with E-state index in [4.69, 9.17) is 0 Å². The van der Waals surface area contributed by atoms with E-state index in [1.54, 1.807) is 0 Å². The standard InChI is InChI=1S/C16H25NO/c1-11-8-12(2)16(13(3)9-11)15(10-18)17-14-6-4-5-7-14/h8-9,14-15,17-18H,4-7,10H2,1-3H3. The van der Waals surface area contributed by atoms with E-state index >= 15 is 0 Å². The first-order valence-corrected chi connectivity index (χ1v) is 7.06. The van der Waals surface area contributed by atoms with Crippen LogP contribution in [0, 0.1) is 20.8 Å². The van der Waals surface area contributed by atoms with E-state index in [0.717, 1.165) is 0 Å². The van der Waals surface area contributed by atoms with E-state index in [9.17, 15) is 5.11 Å². The number of aliphatic hydroxyl groups is 1. The van der Waals surface area contributed by atoms with Gasteiger partial charge in [-0.05, 0) is 50.3 Å². The molecule has 1 aliphatic carbocycles. The van der Waals surface area contributed by atoms with Gasteiger partial charge in [0.2, 0.25) is 0 Å². The van der Waals surface area contributed by atoms with Gasteiger partial charge in [-0.2, -0.15) is 0 Å². The molecule has 0 amide bonds. The van der Waals surface area contributed by atoms with Gasteiger partial charge in [-0.25, -0.2) is 0 Å². The molecule has 1 fully saturated rings. The highest BCUT2D eigenvalue weighted by molar-refractivity contribution is 5.39. The predicted octanol–water partition coefficient (Wildman–Crippen LogP) is 3.18. The van der Waals surface area contributed by atoms with Crippen molar-refractivity contribution in [1.82, 2.24) is 5.32 Å². The highest BCUT2D eigenvalue weighted by atomic mass is 16.3. The van der Waals surface area contributed by atoms with Crippen molar-refractivity contribution in [3.8, 4) is 0 Å². The molecule has 0 radical (unpaired) electrons. The van der Waals surface area contributed by atoms with Gasteiger partial charge in [0.15, 0.2) is 0 Å². The van der Waals surface area contributed by atoms with Crippen molar-refractivity contribution in [2.75, 3.05) is 6.61 Å². The van der Waals surface area contributed by atoms with Crippen molar-refractivity contribution >= 4 is 0 Å². The number of nitrogens with one attached hydrogen (secondary N) is 1. The Morgan fingerprint density at radius 1 is 1.17 bits per heavy atom. The highest BCUT2D eigenvalue weighted by Crippen LogP contribution is 2.26. The summed E-state index contributed by atoms with van der Waals surface area (Å²) in [4.78, 5) is 0. The zero-order chi connectivity index (χ0) is 13.1. The third kappa shape index (κ3) is 2.93. The van der Waals surface area contributed by atoms with E-state index < -0.39 is 0 Å². The van der Waals surface area contributed by atoms with Crippen LogP contribution in [0.15, 0.2) is 12.1 Å². The Balaban J connectivity index is 2.21. The molecule has 1 aromatic carbocycles. The second-order valence-electron chi connectivity index (χ2n) is 5.70. The summed E-state index contributed by atoms with van der Waals surface area (Å²) in [5.41, 5.74) is 5.16. The molecule has 0 spiro atoms. The molecule has 0 aliphatic heterocycles. The van der Waals surface area contributed by atoms with E-state index in [1.165, 1.54) is 47.9 Å². The van der Waals surface area contributed by atoms with Gasteiger partial charge < -0.3 is 10.4 Å². The molecule has 0 aromatic heterocycles. The first kappa shape index (κ1) is 13.6. The van der Waals surface area contributed by atoms with Gasteiger partial charge in [0, 0.05) is 6.04 Å². The van der Waals surface area contributed by atoms with Crippen LogP contribution in [0.1, 0.15) is 54.0 Å². The average molecular weight is 247 g/mol. The number of hydrogen-bond donors (Lipinski definition) is 2. The maximum absolute atomic E-state index is 9.70. The minimum atomic E-state index is 0.0914. The smallest absolute Gasteiger partial charge is 0.0626 e. The van der Waals surface area contributed by atoms with Crippen LogP contribution in [0.5, 0.6) is 0 Å². The normalized spacial score (nSPS) is 18.2. The number of hydrogen-bond acceptors (Lipinski definition) is 2. The van der Waals surface area contributed by atoms with Gasteiger partial charge in [0.1, 0.15) is 0 Å². The molecule has 2 rings (SSSR count). The summed E-state index contributed by atoms with van der Waals surface area (Å²) in [6.07, 6.45) is 5.14. The lowest BCUT2D eigenvalue weighted by molar-refractivity contribution is 0.232. The van der Waals surface area contributed by atoms with Gasteiger partial charge in [-0.15, -0.1) is 0 Å². The van der Waals surface area contributed by atoms with Crippen LogP contribution in [-0.4, -0.2) is 17.8 Å². The first-order valence-electron chi connectivity index (χ1n) is 7.06. The fourth-order valence-corrected chi connectivity index (χ4v) is 3.35. The molecular weight excluding hydrogens is 222 g/mol. The number of rotatable bonds is 4. The van der Waals surface area contributed by atoms with Crippen LogP contribution in [0.4, 0.5) is 0 Å². The third-order valence-corrected chi connectivity index (χ3v) is 4.06. The summed E-state index contributed by atoms with van der Waals surface area (Å²) in [5.74, 6) is 0. The molecule has 18 heavy (non-hydrogen) atoms. The van der Waals surface area contributed by atoms with Gasteiger partial charge in [-0.3, -0.25) is 0 Å². The average Bonchev–Trinajstić information content (AvgIpc) is 2.79. The van der Waals surface area contributed by atoms with Gasteiger partial charge >= 0.3 is 0 Å². The summed E-state index contributed by atoms with van der Waals surface area (Å²) in [6.45, 7) is 6.60. The monoisotopic (exact) mass is 247 g/mol. The van der Waals surface area contributed by atoms with Crippen molar-refractivity contribution < 1.29 is 5.11 Å². The van der Waals surface area contributed by atoms with E-state index in [0.29, 0.717) is 6.04 Å². The molecule has 0 saturated heterocycles. The molecule has 2 heteroatoms. The fraction of sp³-hybridized carbons (Fsp3) is 0.625. The van der Waals surface area contributed by atoms with Crippen LogP contribution in [-0.2, 0) is 0 Å². The molecule has 1 aromatic rings. The maximum atomic E-state index is 9.70. The maximum Gasteiger partial charge on any atom is 0.0626 e. The summed E-state index contributed by atoms with van der Waals surface area (Å²) in [7, 11) is 0. The summed E-state index contributed by atoms with van der Waals surface area (Å²) >= 11 is 0. The molecule has 100 valence electrons.